The summed E-state index contributed by atoms with van der Waals surface area (Å²) in [4.78, 5) is 25.7. The largest absolute Gasteiger partial charge is 0.494 e. The average molecular weight is 589 g/mol. The SMILES string of the molecule is CCOc1ccc(C(=O)Oc2ccc3ccccc3c2/C=N\NC(=O)[C@H](C)Oc2ccc(OCc3ccccc3)cc2)cc1. The summed E-state index contributed by atoms with van der Waals surface area (Å²) < 4.78 is 22.8. The van der Waals surface area contributed by atoms with Gasteiger partial charge < -0.3 is 18.9 Å². The van der Waals surface area contributed by atoms with Crippen LogP contribution in [-0.4, -0.2) is 30.8 Å². The van der Waals surface area contributed by atoms with Gasteiger partial charge in [0, 0.05) is 5.56 Å². The summed E-state index contributed by atoms with van der Waals surface area (Å²) in [7, 11) is 0. The van der Waals surface area contributed by atoms with E-state index in [0.29, 0.717) is 47.3 Å². The van der Waals surface area contributed by atoms with Crippen LogP contribution in [0.4, 0.5) is 0 Å². The number of carbonyl (C=O) groups is 2. The van der Waals surface area contributed by atoms with Crippen LogP contribution in [0.3, 0.4) is 0 Å². The Kier molecular flexibility index (Phi) is 9.84. The molecule has 1 N–H and O–H groups in total. The van der Waals surface area contributed by atoms with E-state index < -0.39 is 18.0 Å². The predicted octanol–water partition coefficient (Wildman–Crippen LogP) is 6.95. The molecular formula is C36H32N2O6. The molecule has 1 atom stereocenters. The maximum absolute atomic E-state index is 12.9. The first-order valence-electron chi connectivity index (χ1n) is 14.2. The van der Waals surface area contributed by atoms with Gasteiger partial charge in [-0.2, -0.15) is 5.10 Å². The summed E-state index contributed by atoms with van der Waals surface area (Å²) >= 11 is 0. The van der Waals surface area contributed by atoms with Crippen LogP contribution >= 0.6 is 0 Å². The second-order valence-corrected chi connectivity index (χ2v) is 9.79. The Balaban J connectivity index is 1.22. The van der Waals surface area contributed by atoms with E-state index in [0.717, 1.165) is 16.3 Å². The Morgan fingerprint density at radius 3 is 2.18 bits per heavy atom. The van der Waals surface area contributed by atoms with Gasteiger partial charge in [-0.1, -0.05) is 60.7 Å². The molecule has 222 valence electrons. The van der Waals surface area contributed by atoms with Gasteiger partial charge in [0.15, 0.2) is 6.10 Å². The Labute approximate surface area is 255 Å². The fourth-order valence-electron chi connectivity index (χ4n) is 4.37. The zero-order chi connectivity index (χ0) is 30.7. The molecule has 44 heavy (non-hydrogen) atoms. The first-order chi connectivity index (χ1) is 21.5. The number of nitrogens with one attached hydrogen (secondary N) is 1. The number of esters is 1. The van der Waals surface area contributed by atoms with Gasteiger partial charge in [-0.25, -0.2) is 10.2 Å². The molecule has 0 radical (unpaired) electrons. The van der Waals surface area contributed by atoms with Gasteiger partial charge in [-0.3, -0.25) is 4.79 Å². The van der Waals surface area contributed by atoms with Gasteiger partial charge >= 0.3 is 5.97 Å². The lowest BCUT2D eigenvalue weighted by atomic mass is 10.0. The number of amides is 1. The molecule has 0 aromatic heterocycles. The fraction of sp³-hybridized carbons (Fsp3) is 0.139. The first kappa shape index (κ1) is 29.8. The average Bonchev–Trinajstić information content (AvgIpc) is 3.06. The standard InChI is InChI=1S/C36H32N2O6/c1-3-41-29-16-13-28(14-17-29)36(40)44-34-22-15-27-11-7-8-12-32(27)33(34)23-37-38-35(39)25(2)43-31-20-18-30(19-21-31)42-24-26-9-5-4-6-10-26/h4-23,25H,3,24H2,1-2H3,(H,38,39)/b37-23-/t25-/m0/s1. The molecular weight excluding hydrogens is 556 g/mol. The molecule has 0 spiro atoms. The van der Waals surface area contributed by atoms with Gasteiger partial charge in [0.1, 0.15) is 29.6 Å². The molecule has 5 aromatic carbocycles. The Morgan fingerprint density at radius 1 is 0.773 bits per heavy atom. The minimum Gasteiger partial charge on any atom is -0.494 e. The molecule has 5 aromatic rings. The highest BCUT2D eigenvalue weighted by Gasteiger charge is 2.16. The summed E-state index contributed by atoms with van der Waals surface area (Å²) in [6.07, 6.45) is 0.639. The number of hydrogen-bond donors (Lipinski definition) is 1. The molecule has 0 saturated heterocycles. The number of hydrogen-bond acceptors (Lipinski definition) is 7. The van der Waals surface area contributed by atoms with Gasteiger partial charge in [0.25, 0.3) is 5.91 Å². The molecule has 1 amide bonds. The van der Waals surface area contributed by atoms with E-state index in [2.05, 4.69) is 10.5 Å². The van der Waals surface area contributed by atoms with Gasteiger partial charge in [0.05, 0.1) is 18.4 Å². The van der Waals surface area contributed by atoms with Crippen molar-refractivity contribution in [3.8, 4) is 23.0 Å². The van der Waals surface area contributed by atoms with Crippen LogP contribution in [0.1, 0.15) is 35.3 Å². The van der Waals surface area contributed by atoms with Crippen molar-refractivity contribution in [3.63, 3.8) is 0 Å². The molecule has 0 unspecified atom stereocenters. The van der Waals surface area contributed by atoms with E-state index in [-0.39, 0.29) is 0 Å². The van der Waals surface area contributed by atoms with Gasteiger partial charge in [0.2, 0.25) is 0 Å². The lowest BCUT2D eigenvalue weighted by Gasteiger charge is -2.14. The second kappa shape index (κ2) is 14.5. The van der Waals surface area contributed by atoms with Crippen molar-refractivity contribution < 1.29 is 28.5 Å². The number of nitrogens with zero attached hydrogens (tertiary/aromatic N) is 1. The summed E-state index contributed by atoms with van der Waals surface area (Å²) in [5, 5.41) is 5.89. The lowest BCUT2D eigenvalue weighted by molar-refractivity contribution is -0.127. The third-order valence-electron chi connectivity index (χ3n) is 6.66. The molecule has 0 bridgehead atoms. The highest BCUT2D eigenvalue weighted by Crippen LogP contribution is 2.28. The summed E-state index contributed by atoms with van der Waals surface area (Å²) in [6.45, 7) is 4.51. The van der Waals surface area contributed by atoms with Gasteiger partial charge in [-0.15, -0.1) is 0 Å². The second-order valence-electron chi connectivity index (χ2n) is 9.79. The molecule has 0 fully saturated rings. The summed E-state index contributed by atoms with van der Waals surface area (Å²) in [5.74, 6) is 1.21. The maximum atomic E-state index is 12.9. The molecule has 0 aliphatic heterocycles. The van der Waals surface area contributed by atoms with E-state index in [1.807, 2.05) is 67.6 Å². The minimum atomic E-state index is -0.826. The maximum Gasteiger partial charge on any atom is 0.343 e. The van der Waals surface area contributed by atoms with Crippen LogP contribution in [0.15, 0.2) is 120 Å². The summed E-state index contributed by atoms with van der Waals surface area (Å²) in [6, 6.07) is 34.9. The highest BCUT2D eigenvalue weighted by molar-refractivity contribution is 6.04. The summed E-state index contributed by atoms with van der Waals surface area (Å²) in [5.41, 5.74) is 4.51. The fourth-order valence-corrected chi connectivity index (χ4v) is 4.37. The Hall–Kier alpha value is -5.63. The minimum absolute atomic E-state index is 0.305. The highest BCUT2D eigenvalue weighted by atomic mass is 16.5. The molecule has 0 heterocycles. The normalized spacial score (nSPS) is 11.6. The number of rotatable bonds is 12. The van der Waals surface area contributed by atoms with Crippen molar-refractivity contribution >= 4 is 28.9 Å². The monoisotopic (exact) mass is 588 g/mol. The van der Waals surface area contributed by atoms with Crippen LogP contribution in [0.25, 0.3) is 10.8 Å². The topological polar surface area (TPSA) is 95.5 Å². The Morgan fingerprint density at radius 2 is 1.43 bits per heavy atom. The van der Waals surface area contributed by atoms with Crippen LogP contribution in [0.2, 0.25) is 0 Å². The molecule has 0 aliphatic rings. The van der Waals surface area contributed by atoms with Crippen LogP contribution in [-0.2, 0) is 11.4 Å². The number of carbonyl (C=O) groups excluding carboxylic acids is 2. The molecule has 0 saturated carbocycles. The van der Waals surface area contributed by atoms with Crippen LogP contribution < -0.4 is 24.4 Å². The van der Waals surface area contributed by atoms with Crippen molar-refractivity contribution in [1.82, 2.24) is 5.43 Å². The Bertz CT molecular complexity index is 1740. The number of benzene rings is 5. The van der Waals surface area contributed by atoms with E-state index in [4.69, 9.17) is 18.9 Å². The van der Waals surface area contributed by atoms with E-state index >= 15 is 0 Å². The van der Waals surface area contributed by atoms with Crippen molar-refractivity contribution in [2.24, 2.45) is 5.10 Å². The quantitative estimate of drug-likeness (QED) is 0.0733. The smallest absolute Gasteiger partial charge is 0.343 e. The predicted molar refractivity (Wildman–Crippen MR) is 170 cm³/mol. The van der Waals surface area contributed by atoms with Crippen molar-refractivity contribution in [3.05, 3.63) is 132 Å². The third kappa shape index (κ3) is 7.80. The molecule has 8 nitrogen and oxygen atoms in total. The zero-order valence-corrected chi connectivity index (χ0v) is 24.4. The third-order valence-corrected chi connectivity index (χ3v) is 6.66. The van der Waals surface area contributed by atoms with E-state index in [1.165, 1.54) is 6.21 Å². The van der Waals surface area contributed by atoms with Crippen molar-refractivity contribution in [2.45, 2.75) is 26.6 Å². The van der Waals surface area contributed by atoms with Crippen molar-refractivity contribution in [1.29, 1.82) is 0 Å². The number of fused-ring (bicyclic) bond motifs is 1. The first-order valence-corrected chi connectivity index (χ1v) is 14.2. The van der Waals surface area contributed by atoms with Crippen LogP contribution in [0, 0.1) is 0 Å². The molecule has 8 heteroatoms. The van der Waals surface area contributed by atoms with Crippen molar-refractivity contribution in [2.75, 3.05) is 6.61 Å². The zero-order valence-electron chi connectivity index (χ0n) is 24.4. The van der Waals surface area contributed by atoms with E-state index in [1.54, 1.807) is 61.5 Å². The van der Waals surface area contributed by atoms with Crippen LogP contribution in [0.5, 0.6) is 23.0 Å². The molecule has 0 aliphatic carbocycles. The molecule has 5 rings (SSSR count). The number of ether oxygens (including phenoxy) is 4. The van der Waals surface area contributed by atoms with E-state index in [9.17, 15) is 9.59 Å². The number of hydrazone groups is 1. The lowest BCUT2D eigenvalue weighted by Crippen LogP contribution is -2.33. The van der Waals surface area contributed by atoms with Gasteiger partial charge in [-0.05, 0) is 84.8 Å².